The quantitative estimate of drug-likeness (QED) is 0.647. The third-order valence-corrected chi connectivity index (χ3v) is 8.47. The third kappa shape index (κ3) is 4.63. The number of carbonyl (C=O) groups excluding carboxylic acids is 1. The van der Waals surface area contributed by atoms with Crippen molar-refractivity contribution in [1.29, 1.82) is 0 Å². The van der Waals surface area contributed by atoms with Crippen LogP contribution >= 0.6 is 0 Å². The van der Waals surface area contributed by atoms with Crippen LogP contribution in [0.1, 0.15) is 32.1 Å². The van der Waals surface area contributed by atoms with Gasteiger partial charge in [-0.3, -0.25) is 9.00 Å². The molecule has 1 spiro atoms. The summed E-state index contributed by atoms with van der Waals surface area (Å²) in [7, 11) is -1.58. The molecule has 2 atom stereocenters. The number of benzene rings is 2. The minimum atomic E-state index is -2.89. The molecule has 9 heteroatoms. The predicted octanol–water partition coefficient (Wildman–Crippen LogP) is 3.97. The second-order valence-electron chi connectivity index (χ2n) is 8.48. The minimum absolute atomic E-state index is 0.0270. The van der Waals surface area contributed by atoms with Crippen LogP contribution in [0, 0.1) is 5.41 Å². The molecule has 1 amide bonds. The molecule has 32 heavy (non-hydrogen) atoms. The van der Waals surface area contributed by atoms with Crippen molar-refractivity contribution in [3.8, 4) is 17.2 Å². The summed E-state index contributed by atoms with van der Waals surface area (Å²) in [5, 5.41) is 3.34. The molecular weight excluding hydrogens is 438 g/mol. The molecule has 2 aliphatic rings. The second-order valence-corrected chi connectivity index (χ2v) is 10.3. The van der Waals surface area contributed by atoms with Crippen LogP contribution in [-0.4, -0.2) is 34.6 Å². The van der Waals surface area contributed by atoms with E-state index in [4.69, 9.17) is 10.5 Å². The number of carbonyl (C=O) groups is 1. The molecule has 172 valence electrons. The Kier molecular flexibility index (Phi) is 6.48. The van der Waals surface area contributed by atoms with Crippen molar-refractivity contribution in [1.82, 2.24) is 5.32 Å². The first-order chi connectivity index (χ1) is 15.3. The van der Waals surface area contributed by atoms with Gasteiger partial charge in [0.1, 0.15) is 22.0 Å². The SMILES string of the molecule is NC(=O)C1(S(=O)c2ccc(Oc3ccc(OC(F)F)cc3)cc2)CCC2(CCNCC2)C1. The number of halogens is 2. The average Bonchev–Trinajstić information content (AvgIpc) is 3.15. The number of primary amides is 1. The van der Waals surface area contributed by atoms with E-state index >= 15 is 0 Å². The highest BCUT2D eigenvalue weighted by Gasteiger charge is 2.55. The van der Waals surface area contributed by atoms with Gasteiger partial charge in [0, 0.05) is 4.90 Å². The van der Waals surface area contributed by atoms with Gasteiger partial charge >= 0.3 is 6.61 Å². The summed E-state index contributed by atoms with van der Waals surface area (Å²) in [4.78, 5) is 13.0. The third-order valence-electron chi connectivity index (χ3n) is 6.51. The molecule has 1 aliphatic carbocycles. The summed E-state index contributed by atoms with van der Waals surface area (Å²) in [5.74, 6) is 0.469. The number of rotatable bonds is 7. The van der Waals surface area contributed by atoms with E-state index in [2.05, 4.69) is 10.1 Å². The van der Waals surface area contributed by atoms with Crippen molar-refractivity contribution in [3.05, 3.63) is 48.5 Å². The Hall–Kier alpha value is -2.52. The van der Waals surface area contributed by atoms with Gasteiger partial charge in [-0.25, -0.2) is 0 Å². The zero-order chi connectivity index (χ0) is 22.8. The van der Waals surface area contributed by atoms with Crippen molar-refractivity contribution >= 4 is 16.7 Å². The fourth-order valence-corrected chi connectivity index (χ4v) is 6.52. The van der Waals surface area contributed by atoms with Crippen LogP contribution < -0.4 is 20.5 Å². The van der Waals surface area contributed by atoms with Gasteiger partial charge < -0.3 is 20.5 Å². The molecule has 0 bridgehead atoms. The van der Waals surface area contributed by atoms with E-state index in [0.717, 1.165) is 32.4 Å². The van der Waals surface area contributed by atoms with E-state index in [-0.39, 0.29) is 11.2 Å². The van der Waals surface area contributed by atoms with E-state index in [1.807, 2.05) is 0 Å². The number of piperidine rings is 1. The number of amides is 1. The van der Waals surface area contributed by atoms with E-state index in [1.54, 1.807) is 24.3 Å². The van der Waals surface area contributed by atoms with Crippen LogP contribution in [0.5, 0.6) is 17.2 Å². The second kappa shape index (κ2) is 9.15. The number of alkyl halides is 2. The Morgan fingerprint density at radius 3 is 2.06 bits per heavy atom. The highest BCUT2D eigenvalue weighted by Crippen LogP contribution is 2.53. The number of nitrogens with two attached hydrogens (primary N) is 1. The smallest absolute Gasteiger partial charge is 0.387 e. The zero-order valence-electron chi connectivity index (χ0n) is 17.5. The van der Waals surface area contributed by atoms with E-state index < -0.39 is 28.1 Å². The first kappa shape index (κ1) is 22.7. The highest BCUT2D eigenvalue weighted by molar-refractivity contribution is 7.87. The number of hydrogen-bond donors (Lipinski definition) is 2. The largest absolute Gasteiger partial charge is 0.457 e. The molecule has 1 heterocycles. The molecular formula is C23H26F2N2O4S. The predicted molar refractivity (Wildman–Crippen MR) is 116 cm³/mol. The van der Waals surface area contributed by atoms with E-state index in [1.165, 1.54) is 24.3 Å². The van der Waals surface area contributed by atoms with Gasteiger partial charge in [0.05, 0.1) is 10.8 Å². The normalized spacial score (nSPS) is 23.2. The van der Waals surface area contributed by atoms with Crippen molar-refractivity contribution in [3.63, 3.8) is 0 Å². The van der Waals surface area contributed by atoms with Gasteiger partial charge in [-0.2, -0.15) is 8.78 Å². The van der Waals surface area contributed by atoms with Crippen LogP contribution in [0.25, 0.3) is 0 Å². The van der Waals surface area contributed by atoms with Gasteiger partial charge in [-0.15, -0.1) is 0 Å². The molecule has 3 N–H and O–H groups in total. The highest BCUT2D eigenvalue weighted by atomic mass is 32.2. The number of ether oxygens (including phenoxy) is 2. The molecule has 0 radical (unpaired) electrons. The molecule has 2 fully saturated rings. The van der Waals surface area contributed by atoms with Gasteiger partial charge in [-0.1, -0.05) is 0 Å². The molecule has 1 saturated carbocycles. The van der Waals surface area contributed by atoms with Crippen molar-refractivity contribution in [2.24, 2.45) is 11.1 Å². The van der Waals surface area contributed by atoms with E-state index in [0.29, 0.717) is 29.2 Å². The first-order valence-electron chi connectivity index (χ1n) is 10.6. The molecule has 4 rings (SSSR count). The van der Waals surface area contributed by atoms with E-state index in [9.17, 15) is 17.8 Å². The molecule has 6 nitrogen and oxygen atoms in total. The van der Waals surface area contributed by atoms with Crippen LogP contribution in [0.15, 0.2) is 53.4 Å². The lowest BCUT2D eigenvalue weighted by molar-refractivity contribution is -0.120. The maximum atomic E-state index is 13.5. The Bertz CT molecular complexity index is 978. The summed E-state index contributed by atoms with van der Waals surface area (Å²) in [5.41, 5.74) is 5.83. The Morgan fingerprint density at radius 1 is 0.938 bits per heavy atom. The summed E-state index contributed by atoms with van der Waals surface area (Å²) in [6, 6.07) is 12.5. The summed E-state index contributed by atoms with van der Waals surface area (Å²) in [6.45, 7) is -1.07. The first-order valence-corrected chi connectivity index (χ1v) is 11.7. The summed E-state index contributed by atoms with van der Waals surface area (Å²) >= 11 is 0. The van der Waals surface area contributed by atoms with Crippen LogP contribution in [-0.2, 0) is 15.6 Å². The standard InChI is InChI=1S/C23H26F2N2O4S/c24-21(25)31-18-3-1-16(2-4-18)30-17-5-7-19(8-6-17)32(29)23(20(26)28)10-9-22(15-23)11-13-27-14-12-22/h1-8,21,27H,9-15H2,(H2,26,28). The molecule has 2 aromatic carbocycles. The Balaban J connectivity index is 1.47. The maximum absolute atomic E-state index is 13.5. The van der Waals surface area contributed by atoms with Crippen LogP contribution in [0.3, 0.4) is 0 Å². The average molecular weight is 465 g/mol. The Morgan fingerprint density at radius 2 is 1.50 bits per heavy atom. The fraction of sp³-hybridized carbons (Fsp3) is 0.435. The molecule has 0 aromatic heterocycles. The van der Waals surface area contributed by atoms with Crippen LogP contribution in [0.2, 0.25) is 0 Å². The Labute approximate surface area is 187 Å². The summed E-state index contributed by atoms with van der Waals surface area (Å²) in [6.07, 6.45) is 3.87. The molecule has 1 aliphatic heterocycles. The maximum Gasteiger partial charge on any atom is 0.387 e. The van der Waals surface area contributed by atoms with Gasteiger partial charge in [-0.05, 0) is 99.1 Å². The molecule has 1 saturated heterocycles. The molecule has 2 unspecified atom stereocenters. The van der Waals surface area contributed by atoms with Crippen molar-refractivity contribution in [2.75, 3.05) is 13.1 Å². The topological polar surface area (TPSA) is 90.7 Å². The lowest BCUT2D eigenvalue weighted by Crippen LogP contribution is -2.47. The van der Waals surface area contributed by atoms with Gasteiger partial charge in [0.2, 0.25) is 5.91 Å². The van der Waals surface area contributed by atoms with Crippen LogP contribution in [0.4, 0.5) is 8.78 Å². The van der Waals surface area contributed by atoms with Crippen molar-refractivity contribution in [2.45, 2.75) is 48.4 Å². The monoisotopic (exact) mass is 464 g/mol. The zero-order valence-corrected chi connectivity index (χ0v) is 18.3. The minimum Gasteiger partial charge on any atom is -0.457 e. The lowest BCUT2D eigenvalue weighted by atomic mass is 9.77. The lowest BCUT2D eigenvalue weighted by Gasteiger charge is -2.35. The van der Waals surface area contributed by atoms with Gasteiger partial charge in [0.25, 0.3) is 0 Å². The fourth-order valence-electron chi connectivity index (χ4n) is 4.78. The van der Waals surface area contributed by atoms with Gasteiger partial charge in [0.15, 0.2) is 0 Å². The number of hydrogen-bond acceptors (Lipinski definition) is 5. The van der Waals surface area contributed by atoms with Crippen molar-refractivity contribution < 1.29 is 27.3 Å². The number of nitrogens with one attached hydrogen (secondary N) is 1. The summed E-state index contributed by atoms with van der Waals surface area (Å²) < 4.78 is 47.0. The molecule has 2 aromatic rings.